The van der Waals surface area contributed by atoms with E-state index in [0.717, 1.165) is 11.5 Å². The number of fused-ring (bicyclic) bond motifs is 5. The zero-order valence-corrected chi connectivity index (χ0v) is 22.9. The quantitative estimate of drug-likeness (QED) is 0.219. The fourth-order valence-corrected chi connectivity index (χ4v) is 7.10. The van der Waals surface area contributed by atoms with Crippen molar-refractivity contribution in [2.75, 3.05) is 0 Å². The van der Waals surface area contributed by atoms with Crippen molar-refractivity contribution in [3.8, 4) is 33.7 Å². The van der Waals surface area contributed by atoms with Gasteiger partial charge in [0.25, 0.3) is 0 Å². The van der Waals surface area contributed by atoms with E-state index in [1.165, 1.54) is 60.9 Å². The van der Waals surface area contributed by atoms with Crippen LogP contribution in [0.1, 0.15) is 5.56 Å². The molecule has 198 valence electrons. The first-order chi connectivity index (χ1) is 20.8. The van der Waals surface area contributed by atoms with Gasteiger partial charge in [-0.15, -0.1) is 0 Å². The second-order valence-corrected chi connectivity index (χ2v) is 11.3. The number of rotatable bonds is 3. The largest absolute Gasteiger partial charge is 0.460 e. The highest BCUT2D eigenvalue weighted by molar-refractivity contribution is 6.15. The molecule has 0 N–H and O–H groups in total. The predicted molar refractivity (Wildman–Crippen MR) is 174 cm³/mol. The monoisotopic (exact) mass is 537 g/mol. The van der Waals surface area contributed by atoms with Crippen LogP contribution < -0.4 is 4.74 Å². The number of nitrogens with zero attached hydrogens (tertiary/aromatic N) is 1. The molecular weight excluding hydrogens is 510 g/mol. The maximum absolute atomic E-state index is 6.42. The van der Waals surface area contributed by atoms with E-state index in [1.807, 2.05) is 0 Å². The first kappa shape index (κ1) is 23.4. The minimum Gasteiger partial charge on any atom is -0.460 e. The van der Waals surface area contributed by atoms with E-state index in [-0.39, 0.29) is 5.92 Å². The molecule has 2 heteroatoms. The Morgan fingerprint density at radius 2 is 1.33 bits per heavy atom. The van der Waals surface area contributed by atoms with E-state index in [9.17, 15) is 0 Å². The molecule has 0 saturated heterocycles. The Morgan fingerprint density at radius 3 is 2.26 bits per heavy atom. The normalized spacial score (nSPS) is 18.3. The SMILES string of the molecule is C1=CC2C=CC=C3c4cc(-c5cccc(-c6cccc7c6c6ccccc6n7-c6ccccc6)c5)ccc4OC(=C1)C32. The van der Waals surface area contributed by atoms with Crippen LogP contribution in [0.3, 0.4) is 0 Å². The van der Waals surface area contributed by atoms with Crippen LogP contribution in [0.4, 0.5) is 0 Å². The van der Waals surface area contributed by atoms with Crippen LogP contribution in [0.15, 0.2) is 157 Å². The van der Waals surface area contributed by atoms with Crippen molar-refractivity contribution in [1.29, 1.82) is 0 Å². The lowest BCUT2D eigenvalue weighted by molar-refractivity contribution is 0.340. The highest BCUT2D eigenvalue weighted by atomic mass is 16.5. The summed E-state index contributed by atoms with van der Waals surface area (Å²) in [6.07, 6.45) is 13.2. The van der Waals surface area contributed by atoms with E-state index in [2.05, 4.69) is 156 Å². The van der Waals surface area contributed by atoms with Gasteiger partial charge in [0, 0.05) is 27.9 Å². The summed E-state index contributed by atoms with van der Waals surface area (Å²) in [7, 11) is 0. The molecule has 2 aliphatic carbocycles. The molecule has 1 aromatic heterocycles. The Kier molecular flexibility index (Phi) is 5.06. The van der Waals surface area contributed by atoms with Gasteiger partial charge < -0.3 is 9.30 Å². The van der Waals surface area contributed by atoms with Crippen molar-refractivity contribution in [2.45, 2.75) is 0 Å². The maximum Gasteiger partial charge on any atom is 0.134 e. The van der Waals surface area contributed by atoms with Crippen LogP contribution in [0, 0.1) is 11.8 Å². The third kappa shape index (κ3) is 3.45. The number of benzene rings is 5. The number of allylic oxidation sites excluding steroid dienone is 7. The van der Waals surface area contributed by atoms with Gasteiger partial charge in [-0.3, -0.25) is 0 Å². The smallest absolute Gasteiger partial charge is 0.134 e. The maximum atomic E-state index is 6.42. The van der Waals surface area contributed by atoms with E-state index in [0.29, 0.717) is 5.92 Å². The standard InChI is InChI=1S/C40H27NO/c1-2-14-30(15-3-1)41-35-19-5-4-16-33(35)40-31(17-9-20-36(40)41)29-13-6-12-27(24-29)28-22-23-37-34(25-28)32-18-7-10-26-11-8-21-38(42-37)39(26)32/h1-26,39H. The molecule has 6 aromatic rings. The summed E-state index contributed by atoms with van der Waals surface area (Å²) >= 11 is 0. The van der Waals surface area contributed by atoms with Crippen molar-refractivity contribution in [3.05, 3.63) is 163 Å². The van der Waals surface area contributed by atoms with E-state index in [4.69, 9.17) is 4.74 Å². The zero-order valence-electron chi connectivity index (χ0n) is 22.9. The summed E-state index contributed by atoms with van der Waals surface area (Å²) < 4.78 is 8.80. The molecule has 0 amide bonds. The Morgan fingerprint density at radius 1 is 0.571 bits per heavy atom. The van der Waals surface area contributed by atoms with E-state index < -0.39 is 0 Å². The van der Waals surface area contributed by atoms with E-state index in [1.54, 1.807) is 0 Å². The van der Waals surface area contributed by atoms with Gasteiger partial charge in [-0.1, -0.05) is 103 Å². The lowest BCUT2D eigenvalue weighted by Gasteiger charge is -2.36. The van der Waals surface area contributed by atoms with Gasteiger partial charge in [-0.05, 0) is 76.4 Å². The molecule has 2 nitrogen and oxygen atoms in total. The summed E-state index contributed by atoms with van der Waals surface area (Å²) in [6.45, 7) is 0. The first-order valence-corrected chi connectivity index (χ1v) is 14.6. The number of aromatic nitrogens is 1. The molecule has 1 aliphatic heterocycles. The molecule has 0 radical (unpaired) electrons. The third-order valence-electron chi connectivity index (χ3n) is 8.97. The summed E-state index contributed by atoms with van der Waals surface area (Å²) in [6, 6.07) is 41.7. The zero-order chi connectivity index (χ0) is 27.6. The fraction of sp³-hybridized carbons (Fsp3) is 0.0500. The predicted octanol–water partition coefficient (Wildman–Crippen LogP) is 10.1. The van der Waals surface area contributed by atoms with Crippen LogP contribution >= 0.6 is 0 Å². The van der Waals surface area contributed by atoms with Crippen LogP contribution in [0.2, 0.25) is 0 Å². The minimum atomic E-state index is 0.258. The summed E-state index contributed by atoms with van der Waals surface area (Å²) in [5, 5.41) is 2.54. The van der Waals surface area contributed by atoms with Gasteiger partial charge in [-0.25, -0.2) is 0 Å². The number of hydrogen-bond acceptors (Lipinski definition) is 1. The number of hydrogen-bond donors (Lipinski definition) is 0. The molecule has 42 heavy (non-hydrogen) atoms. The Hall–Kier alpha value is -5.34. The van der Waals surface area contributed by atoms with Gasteiger partial charge in [0.05, 0.1) is 17.0 Å². The topological polar surface area (TPSA) is 14.2 Å². The van der Waals surface area contributed by atoms with Gasteiger partial charge in [-0.2, -0.15) is 0 Å². The average Bonchev–Trinajstić information content (AvgIpc) is 3.40. The van der Waals surface area contributed by atoms with Crippen molar-refractivity contribution in [3.63, 3.8) is 0 Å². The summed E-state index contributed by atoms with van der Waals surface area (Å²) in [5.41, 5.74) is 11.0. The van der Waals surface area contributed by atoms with Gasteiger partial charge in [0.1, 0.15) is 11.5 Å². The second kappa shape index (κ2) is 9.09. The van der Waals surface area contributed by atoms with Crippen molar-refractivity contribution >= 4 is 27.4 Å². The van der Waals surface area contributed by atoms with Crippen molar-refractivity contribution in [2.24, 2.45) is 11.8 Å². The lowest BCUT2D eigenvalue weighted by atomic mass is 9.74. The minimum absolute atomic E-state index is 0.258. The van der Waals surface area contributed by atoms with Gasteiger partial charge in [0.2, 0.25) is 0 Å². The van der Waals surface area contributed by atoms with Crippen LogP contribution in [-0.2, 0) is 0 Å². The average molecular weight is 538 g/mol. The summed E-state index contributed by atoms with van der Waals surface area (Å²) in [4.78, 5) is 0. The number of ether oxygens (including phenoxy) is 1. The highest BCUT2D eigenvalue weighted by Gasteiger charge is 2.36. The lowest BCUT2D eigenvalue weighted by Crippen LogP contribution is -2.26. The van der Waals surface area contributed by atoms with E-state index >= 15 is 0 Å². The molecular formula is C40H27NO. The highest BCUT2D eigenvalue weighted by Crippen LogP contribution is 2.49. The molecule has 3 aliphatic rings. The third-order valence-corrected chi connectivity index (χ3v) is 8.97. The molecule has 0 spiro atoms. The Labute approximate surface area is 244 Å². The molecule has 0 fully saturated rings. The molecule has 0 bridgehead atoms. The van der Waals surface area contributed by atoms with Crippen molar-refractivity contribution < 1.29 is 4.74 Å². The van der Waals surface area contributed by atoms with Crippen LogP contribution in [-0.4, -0.2) is 4.57 Å². The fourth-order valence-electron chi connectivity index (χ4n) is 7.10. The van der Waals surface area contributed by atoms with Crippen molar-refractivity contribution in [1.82, 2.24) is 4.57 Å². The Balaban J connectivity index is 1.19. The summed E-state index contributed by atoms with van der Waals surface area (Å²) in [5.74, 6) is 2.59. The molecule has 9 rings (SSSR count). The van der Waals surface area contributed by atoms with Gasteiger partial charge >= 0.3 is 0 Å². The first-order valence-electron chi connectivity index (χ1n) is 14.6. The van der Waals surface area contributed by atoms with Crippen LogP contribution in [0.25, 0.3) is 55.3 Å². The second-order valence-electron chi connectivity index (χ2n) is 11.3. The molecule has 2 unspecified atom stereocenters. The van der Waals surface area contributed by atoms with Gasteiger partial charge in [0.15, 0.2) is 0 Å². The molecule has 2 heterocycles. The Bertz CT molecular complexity index is 2170. The molecule has 0 saturated carbocycles. The molecule has 2 atom stereocenters. The molecule has 5 aromatic carbocycles. The van der Waals surface area contributed by atoms with Crippen LogP contribution in [0.5, 0.6) is 5.75 Å². The number of para-hydroxylation sites is 2.